The predicted octanol–water partition coefficient (Wildman–Crippen LogP) is 2.67. The zero-order valence-corrected chi connectivity index (χ0v) is 15.3. The monoisotopic (exact) mass is 346 g/mol. The second-order valence-corrected chi connectivity index (χ2v) is 9.42. The van der Waals surface area contributed by atoms with Crippen molar-refractivity contribution >= 4 is 11.6 Å². The fourth-order valence-corrected chi connectivity index (χ4v) is 7.33. The second kappa shape index (κ2) is 5.75. The molecule has 0 saturated heterocycles. The number of hydrogen-bond acceptors (Lipinski definition) is 4. The lowest BCUT2D eigenvalue weighted by molar-refractivity contribution is -0.146. The Morgan fingerprint density at radius 1 is 1.24 bits per heavy atom. The van der Waals surface area contributed by atoms with Gasteiger partial charge in [0.2, 0.25) is 0 Å². The average molecular weight is 346 g/mol. The number of hydrogen-bond donors (Lipinski definition) is 2. The molecule has 0 aliphatic heterocycles. The molecule has 4 aliphatic carbocycles. The predicted molar refractivity (Wildman–Crippen MR) is 93.7 cm³/mol. The maximum absolute atomic E-state index is 12.3. The normalized spacial score (nSPS) is 49.0. The van der Waals surface area contributed by atoms with Crippen molar-refractivity contribution in [3.63, 3.8) is 0 Å². The minimum atomic E-state index is -0.430. The largest absolute Gasteiger partial charge is 0.393 e. The molecule has 0 radical (unpaired) electrons. The van der Waals surface area contributed by atoms with Crippen molar-refractivity contribution in [3.8, 4) is 0 Å². The van der Waals surface area contributed by atoms with Crippen LogP contribution in [0.3, 0.4) is 0 Å². The van der Waals surface area contributed by atoms with Gasteiger partial charge in [0, 0.05) is 12.3 Å². The van der Waals surface area contributed by atoms with Crippen LogP contribution in [0.25, 0.3) is 0 Å². The first kappa shape index (κ1) is 17.4. The standard InChI is InChI=1S/C21H30O4/c1-20-8-7-13(23)9-12(20)3-4-14-15-5-6-16(18(25)11-22)21(15,2)10-17(24)19(14)20/h9,14-17,19,22,24H,3-8,10-11H2,1-2H3/t14-,15-,16+,17-,19+,20?,21?/m0/s1. The number of carbonyl (C=O) groups is 2. The van der Waals surface area contributed by atoms with E-state index in [9.17, 15) is 19.8 Å². The van der Waals surface area contributed by atoms with Crippen LogP contribution in [0.4, 0.5) is 0 Å². The van der Waals surface area contributed by atoms with Crippen LogP contribution in [0.15, 0.2) is 11.6 Å². The summed E-state index contributed by atoms with van der Waals surface area (Å²) in [6.07, 6.45) is 7.32. The van der Waals surface area contributed by atoms with Crippen LogP contribution in [0.5, 0.6) is 0 Å². The molecule has 2 N–H and O–H groups in total. The molecule has 0 heterocycles. The molecule has 25 heavy (non-hydrogen) atoms. The summed E-state index contributed by atoms with van der Waals surface area (Å²) in [5.74, 6) is 1.12. The van der Waals surface area contributed by atoms with Gasteiger partial charge < -0.3 is 10.2 Å². The van der Waals surface area contributed by atoms with Crippen LogP contribution in [0, 0.1) is 34.5 Å². The van der Waals surface area contributed by atoms with Crippen LogP contribution in [-0.4, -0.2) is 34.5 Å². The van der Waals surface area contributed by atoms with Gasteiger partial charge >= 0.3 is 0 Å². The summed E-state index contributed by atoms with van der Waals surface area (Å²) in [5.41, 5.74) is 0.979. The molecule has 0 aromatic carbocycles. The number of carbonyl (C=O) groups excluding carboxylic acids is 2. The van der Waals surface area contributed by atoms with Gasteiger partial charge in [-0.3, -0.25) is 9.59 Å². The number of Topliss-reactive ketones (excluding diaryl/α,β-unsaturated/α-hetero) is 1. The van der Waals surface area contributed by atoms with E-state index in [0.29, 0.717) is 24.7 Å². The molecule has 0 amide bonds. The lowest BCUT2D eigenvalue weighted by Gasteiger charge is -2.59. The fraction of sp³-hybridized carbons (Fsp3) is 0.810. The third kappa shape index (κ3) is 2.33. The van der Waals surface area contributed by atoms with Gasteiger partial charge in [0.1, 0.15) is 6.61 Å². The van der Waals surface area contributed by atoms with Crippen LogP contribution in [0.2, 0.25) is 0 Å². The summed E-state index contributed by atoms with van der Waals surface area (Å²) in [5, 5.41) is 20.5. The zero-order chi connectivity index (χ0) is 18.0. The highest BCUT2D eigenvalue weighted by Crippen LogP contribution is 2.66. The molecule has 4 rings (SSSR count). The molecule has 4 heteroatoms. The number of ketones is 2. The van der Waals surface area contributed by atoms with Gasteiger partial charge in [-0.25, -0.2) is 0 Å². The molecule has 0 spiro atoms. The Morgan fingerprint density at radius 3 is 2.72 bits per heavy atom. The van der Waals surface area contributed by atoms with E-state index in [1.54, 1.807) is 0 Å². The van der Waals surface area contributed by atoms with E-state index < -0.39 is 6.10 Å². The van der Waals surface area contributed by atoms with E-state index in [4.69, 9.17) is 0 Å². The summed E-state index contributed by atoms with van der Waals surface area (Å²) < 4.78 is 0. The number of fused-ring (bicyclic) bond motifs is 5. The SMILES string of the molecule is CC12CCC(=O)C=C1CC[C@@H]1[C@@H]2[C@@H](O)CC2(C)[C@@H](C(=O)CO)CC[C@@H]12. The summed E-state index contributed by atoms with van der Waals surface area (Å²) in [6.45, 7) is 4.03. The number of aliphatic hydroxyl groups excluding tert-OH is 2. The van der Waals surface area contributed by atoms with Crippen molar-refractivity contribution in [1.29, 1.82) is 0 Å². The molecule has 0 aromatic rings. The smallest absolute Gasteiger partial charge is 0.161 e. The summed E-state index contributed by atoms with van der Waals surface area (Å²) >= 11 is 0. The molecule has 7 atom stereocenters. The van der Waals surface area contributed by atoms with Gasteiger partial charge in [-0.2, -0.15) is 0 Å². The van der Waals surface area contributed by atoms with Crippen molar-refractivity contribution in [2.45, 2.75) is 64.9 Å². The Morgan fingerprint density at radius 2 is 2.00 bits per heavy atom. The first-order chi connectivity index (χ1) is 11.8. The van der Waals surface area contributed by atoms with E-state index in [-0.39, 0.29) is 40.8 Å². The molecule has 2 unspecified atom stereocenters. The van der Waals surface area contributed by atoms with Gasteiger partial charge in [0.15, 0.2) is 11.6 Å². The molecule has 4 aliphatic rings. The van der Waals surface area contributed by atoms with Crippen molar-refractivity contribution < 1.29 is 19.8 Å². The molecule has 3 saturated carbocycles. The van der Waals surface area contributed by atoms with Gasteiger partial charge in [0.05, 0.1) is 6.10 Å². The summed E-state index contributed by atoms with van der Waals surface area (Å²) in [6, 6.07) is 0. The van der Waals surface area contributed by atoms with Gasteiger partial charge in [-0.1, -0.05) is 19.4 Å². The highest BCUT2D eigenvalue weighted by atomic mass is 16.3. The van der Waals surface area contributed by atoms with E-state index >= 15 is 0 Å². The maximum Gasteiger partial charge on any atom is 0.161 e. The first-order valence-electron chi connectivity index (χ1n) is 9.87. The molecule has 4 nitrogen and oxygen atoms in total. The molecule has 0 aromatic heterocycles. The van der Waals surface area contributed by atoms with Crippen molar-refractivity contribution in [1.82, 2.24) is 0 Å². The number of rotatable bonds is 2. The lowest BCUT2D eigenvalue weighted by atomic mass is 9.46. The van der Waals surface area contributed by atoms with E-state index in [1.165, 1.54) is 5.57 Å². The third-order valence-electron chi connectivity index (χ3n) is 8.44. The van der Waals surface area contributed by atoms with Crippen LogP contribution in [0.1, 0.15) is 58.8 Å². The van der Waals surface area contributed by atoms with E-state index in [0.717, 1.165) is 32.1 Å². The van der Waals surface area contributed by atoms with Crippen LogP contribution >= 0.6 is 0 Å². The molecular formula is C21H30O4. The van der Waals surface area contributed by atoms with Crippen molar-refractivity contribution in [2.75, 3.05) is 6.61 Å². The van der Waals surface area contributed by atoms with Gasteiger partial charge in [-0.05, 0) is 73.2 Å². The number of allylic oxidation sites excluding steroid dienone is 1. The minimum Gasteiger partial charge on any atom is -0.393 e. The van der Waals surface area contributed by atoms with Crippen LogP contribution in [-0.2, 0) is 9.59 Å². The molecular weight excluding hydrogens is 316 g/mol. The van der Waals surface area contributed by atoms with Crippen LogP contribution < -0.4 is 0 Å². The average Bonchev–Trinajstić information content (AvgIpc) is 2.91. The minimum absolute atomic E-state index is 0.0541. The van der Waals surface area contributed by atoms with Gasteiger partial charge in [0.25, 0.3) is 0 Å². The highest BCUT2D eigenvalue weighted by molar-refractivity contribution is 5.91. The lowest BCUT2D eigenvalue weighted by Crippen LogP contribution is -2.57. The Bertz CT molecular complexity index is 638. The Labute approximate surface area is 149 Å². The summed E-state index contributed by atoms with van der Waals surface area (Å²) in [7, 11) is 0. The first-order valence-corrected chi connectivity index (χ1v) is 9.87. The highest BCUT2D eigenvalue weighted by Gasteiger charge is 2.62. The quantitative estimate of drug-likeness (QED) is 0.806. The van der Waals surface area contributed by atoms with E-state index in [1.807, 2.05) is 6.08 Å². The van der Waals surface area contributed by atoms with Gasteiger partial charge in [-0.15, -0.1) is 0 Å². The van der Waals surface area contributed by atoms with E-state index in [2.05, 4.69) is 13.8 Å². The zero-order valence-electron chi connectivity index (χ0n) is 15.3. The molecule has 0 bridgehead atoms. The Balaban J connectivity index is 1.70. The Kier molecular flexibility index (Phi) is 4.01. The summed E-state index contributed by atoms with van der Waals surface area (Å²) in [4.78, 5) is 24.2. The topological polar surface area (TPSA) is 74.6 Å². The van der Waals surface area contributed by atoms with Crippen molar-refractivity contribution in [2.24, 2.45) is 34.5 Å². The third-order valence-corrected chi connectivity index (χ3v) is 8.44. The maximum atomic E-state index is 12.3. The fourth-order valence-electron chi connectivity index (χ4n) is 7.33. The second-order valence-electron chi connectivity index (χ2n) is 9.42. The molecule has 3 fully saturated rings. The Hall–Kier alpha value is -1.00. The van der Waals surface area contributed by atoms with Crippen molar-refractivity contribution in [3.05, 3.63) is 11.6 Å². The number of aliphatic hydroxyl groups is 2. The molecule has 138 valence electrons.